The van der Waals surface area contributed by atoms with Gasteiger partial charge in [0.2, 0.25) is 0 Å². The molecule has 0 saturated carbocycles. The van der Waals surface area contributed by atoms with Crippen LogP contribution in [-0.4, -0.2) is 11.5 Å². The van der Waals surface area contributed by atoms with Crippen molar-refractivity contribution < 1.29 is 4.39 Å². The molecule has 0 unspecified atom stereocenters. The summed E-state index contributed by atoms with van der Waals surface area (Å²) < 4.78 is 12.7. The number of pyridine rings is 1. The maximum atomic E-state index is 12.7. The molecule has 1 aromatic heterocycles. The Labute approximate surface area is 99.5 Å². The van der Waals surface area contributed by atoms with Gasteiger partial charge in [-0.25, -0.2) is 9.37 Å². The van der Waals surface area contributed by atoms with Crippen molar-refractivity contribution in [1.29, 1.82) is 0 Å². The van der Waals surface area contributed by atoms with Gasteiger partial charge in [-0.15, -0.1) is 0 Å². The van der Waals surface area contributed by atoms with E-state index in [-0.39, 0.29) is 5.82 Å². The maximum absolute atomic E-state index is 12.7. The first kappa shape index (κ1) is 11.4. The Morgan fingerprint density at radius 2 is 1.94 bits per heavy atom. The Morgan fingerprint density at radius 1 is 1.18 bits per heavy atom. The second-order valence-corrected chi connectivity index (χ2v) is 3.74. The standard InChI is InChI=1S/C13H14FN3/c14-11-5-3-10(4-6-11)7-9-17-13-12(15)2-1-8-16-13/h1-6,8H,7,9,15H2,(H,16,17). The average molecular weight is 231 g/mol. The highest BCUT2D eigenvalue weighted by atomic mass is 19.1. The lowest BCUT2D eigenvalue weighted by Gasteiger charge is -2.07. The summed E-state index contributed by atoms with van der Waals surface area (Å²) in [5.41, 5.74) is 7.45. The Hall–Kier alpha value is -2.10. The molecule has 0 spiro atoms. The summed E-state index contributed by atoms with van der Waals surface area (Å²) in [6.07, 6.45) is 2.49. The normalized spacial score (nSPS) is 10.2. The molecule has 3 nitrogen and oxygen atoms in total. The van der Waals surface area contributed by atoms with Crippen LogP contribution < -0.4 is 11.1 Å². The minimum Gasteiger partial charge on any atom is -0.396 e. The molecular weight excluding hydrogens is 217 g/mol. The summed E-state index contributed by atoms with van der Waals surface area (Å²) in [6, 6.07) is 10.1. The summed E-state index contributed by atoms with van der Waals surface area (Å²) in [4.78, 5) is 4.13. The van der Waals surface area contributed by atoms with E-state index in [1.807, 2.05) is 0 Å². The Kier molecular flexibility index (Phi) is 3.55. The van der Waals surface area contributed by atoms with Crippen molar-refractivity contribution in [3.63, 3.8) is 0 Å². The van der Waals surface area contributed by atoms with Crippen LogP contribution in [0.5, 0.6) is 0 Å². The lowest BCUT2D eigenvalue weighted by Crippen LogP contribution is -2.08. The molecule has 0 fully saturated rings. The molecule has 2 aromatic rings. The van der Waals surface area contributed by atoms with Crippen LogP contribution in [0.2, 0.25) is 0 Å². The third-order valence-electron chi connectivity index (χ3n) is 2.46. The predicted molar refractivity (Wildman–Crippen MR) is 67.2 cm³/mol. The SMILES string of the molecule is Nc1cccnc1NCCc1ccc(F)cc1. The summed E-state index contributed by atoms with van der Waals surface area (Å²) in [6.45, 7) is 0.715. The lowest BCUT2D eigenvalue weighted by atomic mass is 10.1. The molecule has 0 amide bonds. The minimum atomic E-state index is -0.212. The topological polar surface area (TPSA) is 50.9 Å². The van der Waals surface area contributed by atoms with Crippen molar-refractivity contribution >= 4 is 11.5 Å². The van der Waals surface area contributed by atoms with E-state index < -0.39 is 0 Å². The van der Waals surface area contributed by atoms with E-state index in [1.165, 1.54) is 12.1 Å². The van der Waals surface area contributed by atoms with Crippen LogP contribution in [0.15, 0.2) is 42.6 Å². The highest BCUT2D eigenvalue weighted by molar-refractivity contribution is 5.60. The molecule has 1 heterocycles. The first-order valence-electron chi connectivity index (χ1n) is 5.44. The van der Waals surface area contributed by atoms with Crippen molar-refractivity contribution in [3.8, 4) is 0 Å². The number of rotatable bonds is 4. The number of hydrogen-bond donors (Lipinski definition) is 2. The zero-order valence-corrected chi connectivity index (χ0v) is 9.36. The fourth-order valence-corrected chi connectivity index (χ4v) is 1.54. The van der Waals surface area contributed by atoms with Crippen molar-refractivity contribution in [2.24, 2.45) is 0 Å². The van der Waals surface area contributed by atoms with Gasteiger partial charge in [0, 0.05) is 12.7 Å². The average Bonchev–Trinajstić information content (AvgIpc) is 2.34. The van der Waals surface area contributed by atoms with E-state index >= 15 is 0 Å². The van der Waals surface area contributed by atoms with Gasteiger partial charge in [0.05, 0.1) is 5.69 Å². The third-order valence-corrected chi connectivity index (χ3v) is 2.46. The molecule has 2 rings (SSSR count). The molecule has 0 aliphatic rings. The van der Waals surface area contributed by atoms with Gasteiger partial charge in [-0.1, -0.05) is 12.1 Å². The summed E-state index contributed by atoms with van der Waals surface area (Å²) >= 11 is 0. The van der Waals surface area contributed by atoms with Crippen molar-refractivity contribution in [1.82, 2.24) is 4.98 Å². The van der Waals surface area contributed by atoms with Crippen LogP contribution in [0.25, 0.3) is 0 Å². The Bertz CT molecular complexity index is 482. The van der Waals surface area contributed by atoms with E-state index in [4.69, 9.17) is 5.73 Å². The number of benzene rings is 1. The molecular formula is C13H14FN3. The van der Waals surface area contributed by atoms with E-state index in [0.29, 0.717) is 18.1 Å². The highest BCUT2D eigenvalue weighted by Crippen LogP contribution is 2.12. The molecule has 0 bridgehead atoms. The molecule has 17 heavy (non-hydrogen) atoms. The van der Waals surface area contributed by atoms with E-state index in [2.05, 4.69) is 10.3 Å². The molecule has 0 aliphatic carbocycles. The number of hydrogen-bond acceptors (Lipinski definition) is 3. The molecule has 88 valence electrons. The zero-order chi connectivity index (χ0) is 12.1. The monoisotopic (exact) mass is 231 g/mol. The van der Waals surface area contributed by atoms with E-state index in [9.17, 15) is 4.39 Å². The second-order valence-electron chi connectivity index (χ2n) is 3.74. The fourth-order valence-electron chi connectivity index (χ4n) is 1.54. The number of nitrogen functional groups attached to an aromatic ring is 1. The van der Waals surface area contributed by atoms with Crippen LogP contribution >= 0.6 is 0 Å². The van der Waals surface area contributed by atoms with Gasteiger partial charge in [0.1, 0.15) is 11.6 Å². The molecule has 0 aliphatic heterocycles. The number of halogens is 1. The van der Waals surface area contributed by atoms with Gasteiger partial charge in [0.15, 0.2) is 0 Å². The van der Waals surface area contributed by atoms with Crippen molar-refractivity contribution in [3.05, 3.63) is 54.0 Å². The smallest absolute Gasteiger partial charge is 0.149 e. The van der Waals surface area contributed by atoms with Crippen LogP contribution in [0.4, 0.5) is 15.9 Å². The number of nitrogens with one attached hydrogen (secondary N) is 1. The van der Waals surface area contributed by atoms with Gasteiger partial charge in [0.25, 0.3) is 0 Å². The van der Waals surface area contributed by atoms with Crippen molar-refractivity contribution in [2.75, 3.05) is 17.6 Å². The Morgan fingerprint density at radius 3 is 2.65 bits per heavy atom. The van der Waals surface area contributed by atoms with Crippen LogP contribution in [-0.2, 0) is 6.42 Å². The van der Waals surface area contributed by atoms with Crippen molar-refractivity contribution in [2.45, 2.75) is 6.42 Å². The fraction of sp³-hybridized carbons (Fsp3) is 0.154. The molecule has 0 atom stereocenters. The predicted octanol–water partition coefficient (Wildman–Crippen LogP) is 2.46. The van der Waals surface area contributed by atoms with Crippen LogP contribution in [0, 0.1) is 5.82 Å². The van der Waals surface area contributed by atoms with E-state index in [0.717, 1.165) is 12.0 Å². The molecule has 0 saturated heterocycles. The van der Waals surface area contributed by atoms with Crippen LogP contribution in [0.3, 0.4) is 0 Å². The number of aromatic nitrogens is 1. The third kappa shape index (κ3) is 3.17. The van der Waals surface area contributed by atoms with Gasteiger partial charge >= 0.3 is 0 Å². The van der Waals surface area contributed by atoms with Gasteiger partial charge in [-0.3, -0.25) is 0 Å². The summed E-state index contributed by atoms with van der Waals surface area (Å²) in [5.74, 6) is 0.477. The number of nitrogens with zero attached hydrogens (tertiary/aromatic N) is 1. The van der Waals surface area contributed by atoms with Gasteiger partial charge in [-0.2, -0.15) is 0 Å². The molecule has 0 radical (unpaired) electrons. The zero-order valence-electron chi connectivity index (χ0n) is 9.36. The lowest BCUT2D eigenvalue weighted by molar-refractivity contribution is 0.627. The second kappa shape index (κ2) is 5.30. The first-order chi connectivity index (χ1) is 8.25. The highest BCUT2D eigenvalue weighted by Gasteiger charge is 1.98. The number of nitrogens with two attached hydrogens (primary N) is 1. The quantitative estimate of drug-likeness (QED) is 0.849. The van der Waals surface area contributed by atoms with E-state index in [1.54, 1.807) is 30.5 Å². The molecule has 1 aromatic carbocycles. The largest absolute Gasteiger partial charge is 0.396 e. The summed E-state index contributed by atoms with van der Waals surface area (Å²) in [5, 5.41) is 3.15. The molecule has 4 heteroatoms. The minimum absolute atomic E-state index is 0.212. The Balaban J connectivity index is 1.88. The molecule has 3 N–H and O–H groups in total. The van der Waals surface area contributed by atoms with Crippen LogP contribution in [0.1, 0.15) is 5.56 Å². The van der Waals surface area contributed by atoms with Gasteiger partial charge < -0.3 is 11.1 Å². The van der Waals surface area contributed by atoms with Gasteiger partial charge in [-0.05, 0) is 36.2 Å². The summed E-state index contributed by atoms with van der Waals surface area (Å²) in [7, 11) is 0. The number of anilines is 2. The maximum Gasteiger partial charge on any atom is 0.149 e. The first-order valence-corrected chi connectivity index (χ1v) is 5.44.